The molecular weight excluding hydrogens is 397 g/mol. The fourth-order valence-electron chi connectivity index (χ4n) is 3.60. The molecule has 2 aromatic rings. The van der Waals surface area contributed by atoms with Crippen LogP contribution in [0.2, 0.25) is 0 Å². The van der Waals surface area contributed by atoms with Crippen LogP contribution in [0.1, 0.15) is 36.1 Å². The first kappa shape index (κ1) is 22.0. The molecule has 1 fully saturated rings. The molecular formula is C21H25F3N4O2. The van der Waals surface area contributed by atoms with Gasteiger partial charge in [-0.05, 0) is 43.2 Å². The Hall–Kier alpha value is -2.68. The van der Waals surface area contributed by atoms with E-state index in [1.54, 1.807) is 0 Å². The number of rotatable bonds is 4. The summed E-state index contributed by atoms with van der Waals surface area (Å²) in [5, 5.41) is 10.8. The number of hydrogen-bond donors (Lipinski definition) is 2. The number of aryl methyl sites for hydroxylation is 1. The number of benzene rings is 1. The molecule has 1 aromatic heterocycles. The number of nitrogens with one attached hydrogen (secondary N) is 1. The van der Waals surface area contributed by atoms with Crippen LogP contribution >= 0.6 is 0 Å². The molecule has 1 saturated heterocycles. The van der Waals surface area contributed by atoms with Gasteiger partial charge in [0.05, 0.1) is 0 Å². The molecule has 1 unspecified atom stereocenters. The van der Waals surface area contributed by atoms with E-state index >= 15 is 0 Å². The first-order valence-electron chi connectivity index (χ1n) is 10.00. The number of nitrogens with zero attached hydrogens (tertiary/aromatic N) is 3. The standard InChI is InChI=1S/C19H24N4.C2HF3O2/c1-2-6-15(7-3-1)13-20-17-8-9-18-16(12-17)14-21-19(22-18)23-10-4-5-11-23;3-2(4,5)1(6)7/h1-3,6-7,14,17,20H,4-5,8-13H2;(H,6,7). The number of carboxylic acid groups (broad SMARTS) is 1. The van der Waals surface area contributed by atoms with Gasteiger partial charge in [-0.1, -0.05) is 30.3 Å². The Morgan fingerprint density at radius 2 is 1.87 bits per heavy atom. The second-order valence-electron chi connectivity index (χ2n) is 7.45. The summed E-state index contributed by atoms with van der Waals surface area (Å²) in [7, 11) is 0. The van der Waals surface area contributed by atoms with Crippen LogP contribution in [0.15, 0.2) is 36.5 Å². The van der Waals surface area contributed by atoms with E-state index in [0.717, 1.165) is 44.8 Å². The molecule has 2 N–H and O–H groups in total. The van der Waals surface area contributed by atoms with Crippen LogP contribution in [-0.2, 0) is 24.2 Å². The van der Waals surface area contributed by atoms with E-state index in [1.165, 1.54) is 29.7 Å². The highest BCUT2D eigenvalue weighted by Crippen LogP contribution is 2.23. The van der Waals surface area contributed by atoms with Crippen LogP contribution in [0.5, 0.6) is 0 Å². The second-order valence-corrected chi connectivity index (χ2v) is 7.45. The van der Waals surface area contributed by atoms with Gasteiger partial charge in [-0.3, -0.25) is 0 Å². The van der Waals surface area contributed by atoms with Gasteiger partial charge in [0.2, 0.25) is 5.95 Å². The first-order valence-corrected chi connectivity index (χ1v) is 10.00. The van der Waals surface area contributed by atoms with E-state index in [9.17, 15) is 13.2 Å². The number of carboxylic acids is 1. The van der Waals surface area contributed by atoms with E-state index in [4.69, 9.17) is 14.9 Å². The number of halogens is 3. The van der Waals surface area contributed by atoms with Crippen molar-refractivity contribution >= 4 is 11.9 Å². The third-order valence-electron chi connectivity index (χ3n) is 5.21. The number of aliphatic carboxylic acids is 1. The van der Waals surface area contributed by atoms with Crippen LogP contribution in [0.25, 0.3) is 0 Å². The largest absolute Gasteiger partial charge is 0.490 e. The Morgan fingerprint density at radius 1 is 1.20 bits per heavy atom. The minimum Gasteiger partial charge on any atom is -0.475 e. The molecule has 4 rings (SSSR count). The Morgan fingerprint density at radius 3 is 2.50 bits per heavy atom. The van der Waals surface area contributed by atoms with Gasteiger partial charge < -0.3 is 15.3 Å². The summed E-state index contributed by atoms with van der Waals surface area (Å²) >= 11 is 0. The molecule has 0 bridgehead atoms. The van der Waals surface area contributed by atoms with E-state index in [0.29, 0.717) is 6.04 Å². The van der Waals surface area contributed by atoms with Crippen LogP contribution in [0.3, 0.4) is 0 Å². The van der Waals surface area contributed by atoms with Crippen molar-refractivity contribution in [1.82, 2.24) is 15.3 Å². The zero-order valence-electron chi connectivity index (χ0n) is 16.5. The quantitative estimate of drug-likeness (QED) is 0.787. The molecule has 0 saturated carbocycles. The van der Waals surface area contributed by atoms with Gasteiger partial charge in [-0.25, -0.2) is 14.8 Å². The summed E-state index contributed by atoms with van der Waals surface area (Å²) in [6.45, 7) is 3.16. The van der Waals surface area contributed by atoms with Gasteiger partial charge in [-0.2, -0.15) is 13.2 Å². The molecule has 1 aliphatic heterocycles. The van der Waals surface area contributed by atoms with Crippen LogP contribution in [0.4, 0.5) is 19.1 Å². The van der Waals surface area contributed by atoms with Crippen molar-refractivity contribution in [3.8, 4) is 0 Å². The lowest BCUT2D eigenvalue weighted by molar-refractivity contribution is -0.192. The van der Waals surface area contributed by atoms with Crippen molar-refractivity contribution in [2.75, 3.05) is 18.0 Å². The lowest BCUT2D eigenvalue weighted by atomic mass is 9.92. The fourth-order valence-corrected chi connectivity index (χ4v) is 3.60. The molecule has 30 heavy (non-hydrogen) atoms. The number of carbonyl (C=O) groups is 1. The van der Waals surface area contributed by atoms with Crippen molar-refractivity contribution in [2.45, 2.75) is 50.9 Å². The minimum absolute atomic E-state index is 0.531. The third-order valence-corrected chi connectivity index (χ3v) is 5.21. The molecule has 2 heterocycles. The lowest BCUT2D eigenvalue weighted by Gasteiger charge is -2.26. The average Bonchev–Trinajstić information content (AvgIpc) is 3.27. The monoisotopic (exact) mass is 422 g/mol. The van der Waals surface area contributed by atoms with E-state index in [1.807, 2.05) is 0 Å². The van der Waals surface area contributed by atoms with Crippen molar-refractivity contribution in [1.29, 1.82) is 0 Å². The predicted molar refractivity (Wildman–Crippen MR) is 106 cm³/mol. The lowest BCUT2D eigenvalue weighted by Crippen LogP contribution is -2.35. The van der Waals surface area contributed by atoms with Gasteiger partial charge in [0.1, 0.15) is 0 Å². The molecule has 0 radical (unpaired) electrons. The van der Waals surface area contributed by atoms with Crippen molar-refractivity contribution in [3.63, 3.8) is 0 Å². The van der Waals surface area contributed by atoms with Gasteiger partial charge in [-0.15, -0.1) is 0 Å². The summed E-state index contributed by atoms with van der Waals surface area (Å²) in [5.41, 5.74) is 3.93. The Bertz CT molecular complexity index is 840. The van der Waals surface area contributed by atoms with Crippen LogP contribution in [0, 0.1) is 0 Å². The van der Waals surface area contributed by atoms with Crippen molar-refractivity contribution in [3.05, 3.63) is 53.3 Å². The summed E-state index contributed by atoms with van der Waals surface area (Å²) in [6.07, 6.45) is 2.79. The van der Waals surface area contributed by atoms with Crippen molar-refractivity contribution in [2.24, 2.45) is 0 Å². The molecule has 6 nitrogen and oxygen atoms in total. The Balaban J connectivity index is 0.000000318. The molecule has 162 valence electrons. The Kier molecular flexibility index (Phi) is 7.25. The number of anilines is 1. The first-order chi connectivity index (χ1) is 14.3. The minimum atomic E-state index is -5.08. The number of fused-ring (bicyclic) bond motifs is 1. The SMILES string of the molecule is O=C(O)C(F)(F)F.c1ccc(CNC2CCc3nc(N4CCCC4)ncc3C2)cc1. The highest BCUT2D eigenvalue weighted by Gasteiger charge is 2.38. The van der Waals surface area contributed by atoms with Gasteiger partial charge in [0.15, 0.2) is 0 Å². The average molecular weight is 422 g/mol. The summed E-state index contributed by atoms with van der Waals surface area (Å²) in [4.78, 5) is 20.7. The molecule has 0 spiro atoms. The maximum absolute atomic E-state index is 10.6. The summed E-state index contributed by atoms with van der Waals surface area (Å²) in [5.74, 6) is -1.82. The predicted octanol–water partition coefficient (Wildman–Crippen LogP) is 3.36. The Labute approximate surface area is 173 Å². The molecule has 1 aliphatic carbocycles. The van der Waals surface area contributed by atoms with Gasteiger partial charge in [0, 0.05) is 37.6 Å². The second kappa shape index (κ2) is 9.88. The molecule has 2 aliphatic rings. The maximum atomic E-state index is 10.6. The molecule has 1 aromatic carbocycles. The highest BCUT2D eigenvalue weighted by molar-refractivity contribution is 5.73. The maximum Gasteiger partial charge on any atom is 0.490 e. The van der Waals surface area contributed by atoms with E-state index in [-0.39, 0.29) is 0 Å². The van der Waals surface area contributed by atoms with E-state index in [2.05, 4.69) is 51.7 Å². The topological polar surface area (TPSA) is 78.3 Å². The number of hydrogen-bond acceptors (Lipinski definition) is 5. The smallest absolute Gasteiger partial charge is 0.475 e. The van der Waals surface area contributed by atoms with Crippen LogP contribution < -0.4 is 10.2 Å². The van der Waals surface area contributed by atoms with Gasteiger partial charge >= 0.3 is 12.1 Å². The normalized spacial score (nSPS) is 18.4. The molecule has 9 heteroatoms. The zero-order chi connectivity index (χ0) is 21.6. The third kappa shape index (κ3) is 6.16. The van der Waals surface area contributed by atoms with Crippen LogP contribution in [-0.4, -0.2) is 46.4 Å². The molecule has 1 atom stereocenters. The summed E-state index contributed by atoms with van der Waals surface area (Å²) < 4.78 is 31.7. The summed E-state index contributed by atoms with van der Waals surface area (Å²) in [6, 6.07) is 11.1. The van der Waals surface area contributed by atoms with E-state index < -0.39 is 12.1 Å². The zero-order valence-corrected chi connectivity index (χ0v) is 16.5. The van der Waals surface area contributed by atoms with Crippen molar-refractivity contribution < 1.29 is 23.1 Å². The highest BCUT2D eigenvalue weighted by atomic mass is 19.4. The number of aromatic nitrogens is 2. The van der Waals surface area contributed by atoms with Gasteiger partial charge in [0.25, 0.3) is 0 Å². The number of alkyl halides is 3. The fraction of sp³-hybridized carbons (Fsp3) is 0.476. The molecule has 0 amide bonds.